The van der Waals surface area contributed by atoms with Crippen molar-refractivity contribution in [2.75, 3.05) is 0 Å². The molecule has 0 spiro atoms. The van der Waals surface area contributed by atoms with E-state index in [4.69, 9.17) is 0 Å². The Morgan fingerprint density at radius 1 is 1.46 bits per heavy atom. The molecule has 0 bridgehead atoms. The number of nitro benzene ring substituents is 1. The summed E-state index contributed by atoms with van der Waals surface area (Å²) in [7, 11) is 0. The van der Waals surface area contributed by atoms with Gasteiger partial charge in [-0.1, -0.05) is 12.1 Å². The lowest BCUT2D eigenvalue weighted by Crippen LogP contribution is -1.96. The summed E-state index contributed by atoms with van der Waals surface area (Å²) in [6.45, 7) is 0. The lowest BCUT2D eigenvalue weighted by atomic mass is 10.2. The molecule has 0 unspecified atom stereocenters. The molecule has 6 heteroatoms. The van der Waals surface area contributed by atoms with Gasteiger partial charge in [-0.2, -0.15) is 0 Å². The van der Waals surface area contributed by atoms with E-state index in [9.17, 15) is 18.9 Å². The Bertz CT molecular complexity index is 343. The largest absolute Gasteiger partial charge is 0.283 e. The molecule has 0 atom stereocenters. The van der Waals surface area contributed by atoms with Crippen molar-refractivity contribution in [1.29, 1.82) is 0 Å². The van der Waals surface area contributed by atoms with Crippen LogP contribution in [-0.2, 0) is 0 Å². The summed E-state index contributed by atoms with van der Waals surface area (Å²) in [6, 6.07) is 3.63. The molecule has 0 fully saturated rings. The second kappa shape index (κ2) is 3.95. The summed E-state index contributed by atoms with van der Waals surface area (Å²) in [4.78, 5) is 9.68. The van der Waals surface area contributed by atoms with E-state index in [1.807, 2.05) is 0 Å². The molecule has 0 heterocycles. The molecule has 0 aliphatic carbocycles. The van der Waals surface area contributed by atoms with Crippen molar-refractivity contribution in [2.24, 2.45) is 0 Å². The molecule has 0 radical (unpaired) electrons. The maximum atomic E-state index is 12.2. The van der Waals surface area contributed by atoms with Gasteiger partial charge in [0.25, 0.3) is 12.1 Å². The molecule has 1 aromatic carbocycles. The smallest absolute Gasteiger partial charge is 0.258 e. The summed E-state index contributed by atoms with van der Waals surface area (Å²) in [6.07, 6.45) is -2.67. The molecule has 70 valence electrons. The van der Waals surface area contributed by atoms with Gasteiger partial charge in [-0.05, 0) is 22.6 Å². The highest BCUT2D eigenvalue weighted by molar-refractivity contribution is 14.1. The number of nitro groups is 1. The molecule has 0 aliphatic rings. The predicted octanol–water partition coefficient (Wildman–Crippen LogP) is 3.14. The summed E-state index contributed by atoms with van der Waals surface area (Å²) in [5.74, 6) is 0. The number of hydrogen-bond acceptors (Lipinski definition) is 2. The Balaban J connectivity index is 3.26. The first kappa shape index (κ1) is 10.3. The molecule has 0 aliphatic heterocycles. The number of nitrogens with zero attached hydrogens (tertiary/aromatic N) is 1. The van der Waals surface area contributed by atoms with Gasteiger partial charge < -0.3 is 0 Å². The van der Waals surface area contributed by atoms with Gasteiger partial charge in [0, 0.05) is 11.6 Å². The van der Waals surface area contributed by atoms with Crippen LogP contribution in [0.1, 0.15) is 12.0 Å². The van der Waals surface area contributed by atoms with Gasteiger partial charge in [-0.3, -0.25) is 10.1 Å². The first-order chi connectivity index (χ1) is 6.04. The summed E-state index contributed by atoms with van der Waals surface area (Å²) in [5.41, 5.74) is -0.576. The highest BCUT2D eigenvalue weighted by atomic mass is 127. The average Bonchev–Trinajstić information content (AvgIpc) is 2.03. The average molecular weight is 299 g/mol. The minimum atomic E-state index is -2.67. The zero-order valence-corrected chi connectivity index (χ0v) is 8.36. The van der Waals surface area contributed by atoms with Crippen molar-refractivity contribution in [3.05, 3.63) is 37.4 Å². The molecule has 0 aromatic heterocycles. The third kappa shape index (κ3) is 2.11. The van der Waals surface area contributed by atoms with Gasteiger partial charge in [-0.25, -0.2) is 8.78 Å². The van der Waals surface area contributed by atoms with Gasteiger partial charge in [0.1, 0.15) is 0 Å². The molecule has 1 aromatic rings. The number of benzene rings is 1. The predicted molar refractivity (Wildman–Crippen MR) is 50.8 cm³/mol. The van der Waals surface area contributed by atoms with Gasteiger partial charge >= 0.3 is 0 Å². The van der Waals surface area contributed by atoms with E-state index in [-0.39, 0.29) is 14.8 Å². The minimum absolute atomic E-state index is 0.0000926. The van der Waals surface area contributed by atoms with Crippen molar-refractivity contribution in [3.8, 4) is 0 Å². The van der Waals surface area contributed by atoms with Gasteiger partial charge in [0.15, 0.2) is 0 Å². The van der Waals surface area contributed by atoms with E-state index in [0.717, 1.165) is 0 Å². The van der Waals surface area contributed by atoms with Crippen LogP contribution in [0.3, 0.4) is 0 Å². The Morgan fingerprint density at radius 3 is 2.54 bits per heavy atom. The quantitative estimate of drug-likeness (QED) is 0.478. The van der Waals surface area contributed by atoms with E-state index >= 15 is 0 Å². The first-order valence-corrected chi connectivity index (χ1v) is 4.33. The van der Waals surface area contributed by atoms with Crippen LogP contribution in [0.25, 0.3) is 0 Å². The lowest BCUT2D eigenvalue weighted by molar-refractivity contribution is -0.385. The molecule has 13 heavy (non-hydrogen) atoms. The van der Waals surface area contributed by atoms with Crippen molar-refractivity contribution in [2.45, 2.75) is 6.43 Å². The van der Waals surface area contributed by atoms with E-state index in [1.54, 1.807) is 22.6 Å². The van der Waals surface area contributed by atoms with Crippen LogP contribution in [0.5, 0.6) is 0 Å². The molecule has 0 amide bonds. The highest BCUT2D eigenvalue weighted by Crippen LogP contribution is 2.30. The Labute approximate surface area is 86.0 Å². The fourth-order valence-electron chi connectivity index (χ4n) is 0.847. The van der Waals surface area contributed by atoms with Crippen LogP contribution in [0, 0.1) is 13.7 Å². The van der Waals surface area contributed by atoms with Crippen LogP contribution >= 0.6 is 22.6 Å². The van der Waals surface area contributed by atoms with E-state index in [1.165, 1.54) is 18.2 Å². The van der Waals surface area contributed by atoms with E-state index < -0.39 is 11.3 Å². The van der Waals surface area contributed by atoms with Crippen LogP contribution in [0.15, 0.2) is 18.2 Å². The summed E-state index contributed by atoms with van der Waals surface area (Å²) >= 11 is 1.55. The lowest BCUT2D eigenvalue weighted by Gasteiger charge is -2.02. The molecule has 3 nitrogen and oxygen atoms in total. The zero-order chi connectivity index (χ0) is 10.0. The van der Waals surface area contributed by atoms with Gasteiger partial charge in [-0.15, -0.1) is 0 Å². The second-order valence-electron chi connectivity index (χ2n) is 2.24. The fourth-order valence-corrected chi connectivity index (χ4v) is 1.64. The SMILES string of the molecule is O=[N+]([O-])c1cccc(C(F)F)c1I. The number of halogens is 3. The van der Waals surface area contributed by atoms with Crippen molar-refractivity contribution < 1.29 is 13.7 Å². The first-order valence-electron chi connectivity index (χ1n) is 3.25. The van der Waals surface area contributed by atoms with Crippen molar-refractivity contribution in [1.82, 2.24) is 0 Å². The van der Waals surface area contributed by atoms with Crippen LogP contribution in [-0.4, -0.2) is 4.92 Å². The minimum Gasteiger partial charge on any atom is -0.258 e. The van der Waals surface area contributed by atoms with Crippen LogP contribution < -0.4 is 0 Å². The number of alkyl halides is 2. The standard InChI is InChI=1S/C7H4F2INO2/c8-7(9)4-2-1-3-5(6(4)10)11(12)13/h1-3,7H. The molecule has 0 saturated carbocycles. The number of hydrogen-bond donors (Lipinski definition) is 0. The van der Waals surface area contributed by atoms with E-state index in [2.05, 4.69) is 0 Å². The summed E-state index contributed by atoms with van der Waals surface area (Å²) in [5, 5.41) is 10.4. The Hall–Kier alpha value is -0.790. The van der Waals surface area contributed by atoms with Crippen LogP contribution in [0.2, 0.25) is 0 Å². The molecular formula is C7H4F2INO2. The number of rotatable bonds is 2. The van der Waals surface area contributed by atoms with Crippen molar-refractivity contribution in [3.63, 3.8) is 0 Å². The zero-order valence-electron chi connectivity index (χ0n) is 6.21. The highest BCUT2D eigenvalue weighted by Gasteiger charge is 2.19. The monoisotopic (exact) mass is 299 g/mol. The fraction of sp³-hybridized carbons (Fsp3) is 0.143. The maximum Gasteiger partial charge on any atom is 0.283 e. The summed E-state index contributed by atoms with van der Waals surface area (Å²) < 4.78 is 24.5. The molecule has 0 N–H and O–H groups in total. The molecule has 1 rings (SSSR count). The van der Waals surface area contributed by atoms with E-state index in [0.29, 0.717) is 0 Å². The Morgan fingerprint density at radius 2 is 2.08 bits per heavy atom. The third-order valence-corrected chi connectivity index (χ3v) is 2.62. The molecular weight excluding hydrogens is 295 g/mol. The third-order valence-electron chi connectivity index (χ3n) is 1.44. The topological polar surface area (TPSA) is 43.1 Å². The maximum absolute atomic E-state index is 12.2. The van der Waals surface area contributed by atoms with Crippen LogP contribution in [0.4, 0.5) is 14.5 Å². The van der Waals surface area contributed by atoms with Gasteiger partial charge in [0.05, 0.1) is 8.49 Å². The molecule has 0 saturated heterocycles. The van der Waals surface area contributed by atoms with Gasteiger partial charge in [0.2, 0.25) is 0 Å². The normalized spacial score (nSPS) is 10.5. The second-order valence-corrected chi connectivity index (χ2v) is 3.32. The van der Waals surface area contributed by atoms with Crippen molar-refractivity contribution >= 4 is 28.3 Å². The Kier molecular flexibility index (Phi) is 3.12.